The molecule has 0 amide bonds. The predicted octanol–water partition coefficient (Wildman–Crippen LogP) is 2.64. The highest BCUT2D eigenvalue weighted by Crippen LogP contribution is 2.40. The van der Waals surface area contributed by atoms with Gasteiger partial charge in [-0.3, -0.25) is 4.90 Å². The Kier molecular flexibility index (Phi) is 3.60. The third kappa shape index (κ3) is 2.14. The maximum Gasteiger partial charge on any atom is 0.0178 e. The molecule has 2 heteroatoms. The zero-order valence-corrected chi connectivity index (χ0v) is 11.3. The first kappa shape index (κ1) is 12.4. The molecule has 0 aromatic heterocycles. The Labute approximate surface area is 101 Å². The van der Waals surface area contributed by atoms with Crippen LogP contribution >= 0.6 is 0 Å². The second kappa shape index (κ2) is 4.66. The molecular formula is C14H28N2. The quantitative estimate of drug-likeness (QED) is 0.790. The van der Waals surface area contributed by atoms with Crippen LogP contribution in [0.3, 0.4) is 0 Å². The molecule has 2 nitrogen and oxygen atoms in total. The monoisotopic (exact) mass is 224 g/mol. The van der Waals surface area contributed by atoms with Crippen molar-refractivity contribution in [2.75, 3.05) is 26.2 Å². The largest absolute Gasteiger partial charge is 0.316 e. The molecule has 2 unspecified atom stereocenters. The first-order valence-corrected chi connectivity index (χ1v) is 7.10. The molecule has 2 fully saturated rings. The molecule has 0 aromatic carbocycles. The van der Waals surface area contributed by atoms with Crippen LogP contribution in [0.15, 0.2) is 0 Å². The van der Waals surface area contributed by atoms with Gasteiger partial charge in [0.2, 0.25) is 0 Å². The summed E-state index contributed by atoms with van der Waals surface area (Å²) in [7, 11) is 0. The van der Waals surface area contributed by atoms with Crippen molar-refractivity contribution in [2.24, 2.45) is 5.41 Å². The summed E-state index contributed by atoms with van der Waals surface area (Å²) >= 11 is 0. The normalized spacial score (nSPS) is 34.7. The molecule has 2 rings (SSSR count). The van der Waals surface area contributed by atoms with Gasteiger partial charge in [-0.2, -0.15) is 0 Å². The van der Waals surface area contributed by atoms with E-state index in [0.29, 0.717) is 11.0 Å². The van der Waals surface area contributed by atoms with Crippen LogP contribution in [0.1, 0.15) is 52.9 Å². The van der Waals surface area contributed by atoms with Crippen molar-refractivity contribution in [3.05, 3.63) is 0 Å². The summed E-state index contributed by atoms with van der Waals surface area (Å²) in [6.07, 6.45) is 6.78. The number of nitrogens with zero attached hydrogens (tertiary/aromatic N) is 1. The van der Waals surface area contributed by atoms with E-state index in [9.17, 15) is 0 Å². The minimum atomic E-state index is 0.459. The fourth-order valence-corrected chi connectivity index (χ4v) is 3.64. The summed E-state index contributed by atoms with van der Waals surface area (Å²) in [5.41, 5.74) is 1.09. The first-order chi connectivity index (χ1) is 7.64. The minimum Gasteiger partial charge on any atom is -0.316 e. The molecule has 2 atom stereocenters. The van der Waals surface area contributed by atoms with Crippen LogP contribution in [0.2, 0.25) is 0 Å². The van der Waals surface area contributed by atoms with E-state index in [-0.39, 0.29) is 0 Å². The van der Waals surface area contributed by atoms with Crippen LogP contribution in [-0.4, -0.2) is 36.6 Å². The van der Waals surface area contributed by atoms with Gasteiger partial charge in [0.25, 0.3) is 0 Å². The molecule has 0 bridgehead atoms. The van der Waals surface area contributed by atoms with Crippen LogP contribution in [0, 0.1) is 5.41 Å². The highest BCUT2D eigenvalue weighted by molar-refractivity contribution is 5.00. The zero-order valence-electron chi connectivity index (χ0n) is 11.3. The van der Waals surface area contributed by atoms with E-state index in [1.807, 2.05) is 0 Å². The number of likely N-dealkylation sites (tertiary alicyclic amines) is 1. The fraction of sp³-hybridized carbons (Fsp3) is 1.00. The summed E-state index contributed by atoms with van der Waals surface area (Å²) in [6.45, 7) is 12.3. The summed E-state index contributed by atoms with van der Waals surface area (Å²) in [6, 6.07) is 0. The van der Waals surface area contributed by atoms with Gasteiger partial charge in [0.05, 0.1) is 0 Å². The van der Waals surface area contributed by atoms with Gasteiger partial charge in [-0.25, -0.2) is 0 Å². The van der Waals surface area contributed by atoms with Crippen molar-refractivity contribution in [3.8, 4) is 0 Å². The molecule has 0 radical (unpaired) electrons. The van der Waals surface area contributed by atoms with Gasteiger partial charge < -0.3 is 5.32 Å². The van der Waals surface area contributed by atoms with Crippen molar-refractivity contribution in [1.29, 1.82) is 0 Å². The Balaban J connectivity index is 2.01. The van der Waals surface area contributed by atoms with E-state index in [4.69, 9.17) is 0 Å². The average Bonchev–Trinajstić information content (AvgIpc) is 2.90. The lowest BCUT2D eigenvalue weighted by Gasteiger charge is -2.39. The van der Waals surface area contributed by atoms with Crippen LogP contribution in [0.25, 0.3) is 0 Å². The Morgan fingerprint density at radius 1 is 1.31 bits per heavy atom. The third-order valence-electron chi connectivity index (χ3n) is 5.08. The van der Waals surface area contributed by atoms with Crippen molar-refractivity contribution >= 4 is 0 Å². The molecule has 2 aliphatic rings. The second-order valence-corrected chi connectivity index (χ2v) is 6.20. The smallest absolute Gasteiger partial charge is 0.0178 e. The first-order valence-electron chi connectivity index (χ1n) is 7.10. The lowest BCUT2D eigenvalue weighted by molar-refractivity contribution is 0.104. The summed E-state index contributed by atoms with van der Waals surface area (Å²) < 4.78 is 0. The van der Waals surface area contributed by atoms with E-state index < -0.39 is 0 Å². The van der Waals surface area contributed by atoms with Gasteiger partial charge in [0, 0.05) is 18.6 Å². The van der Waals surface area contributed by atoms with Gasteiger partial charge in [0.1, 0.15) is 0 Å². The van der Waals surface area contributed by atoms with Crippen molar-refractivity contribution in [1.82, 2.24) is 10.2 Å². The SMILES string of the molecule is CCCC(C)(CC)N1CCC2(CCNC2)C1. The average molecular weight is 224 g/mol. The number of rotatable bonds is 4. The van der Waals surface area contributed by atoms with Gasteiger partial charge in [-0.15, -0.1) is 0 Å². The van der Waals surface area contributed by atoms with Gasteiger partial charge >= 0.3 is 0 Å². The van der Waals surface area contributed by atoms with Crippen molar-refractivity contribution in [3.63, 3.8) is 0 Å². The Bertz CT molecular complexity index is 233. The topological polar surface area (TPSA) is 15.3 Å². The standard InChI is InChI=1S/C14H28N2/c1-4-6-13(3,5-2)16-10-8-14(12-16)7-9-15-11-14/h15H,4-12H2,1-3H3. The lowest BCUT2D eigenvalue weighted by Crippen LogP contribution is -2.45. The highest BCUT2D eigenvalue weighted by Gasteiger charge is 2.44. The fourth-order valence-electron chi connectivity index (χ4n) is 3.64. The van der Waals surface area contributed by atoms with Crippen LogP contribution in [-0.2, 0) is 0 Å². The maximum absolute atomic E-state index is 3.55. The van der Waals surface area contributed by atoms with E-state index >= 15 is 0 Å². The van der Waals surface area contributed by atoms with Crippen LogP contribution < -0.4 is 5.32 Å². The zero-order chi connectivity index (χ0) is 11.6. The Morgan fingerprint density at radius 2 is 2.12 bits per heavy atom. The molecule has 16 heavy (non-hydrogen) atoms. The molecule has 0 saturated carbocycles. The van der Waals surface area contributed by atoms with Gasteiger partial charge in [-0.1, -0.05) is 20.3 Å². The Hall–Kier alpha value is -0.0800. The van der Waals surface area contributed by atoms with Gasteiger partial charge in [0.15, 0.2) is 0 Å². The molecule has 2 saturated heterocycles. The van der Waals surface area contributed by atoms with E-state index in [1.165, 1.54) is 58.3 Å². The number of hydrogen-bond donors (Lipinski definition) is 1. The van der Waals surface area contributed by atoms with Gasteiger partial charge in [-0.05, 0) is 51.1 Å². The minimum absolute atomic E-state index is 0.459. The van der Waals surface area contributed by atoms with E-state index in [1.54, 1.807) is 0 Å². The molecule has 0 aliphatic carbocycles. The summed E-state index contributed by atoms with van der Waals surface area (Å²) in [5, 5.41) is 3.55. The lowest BCUT2D eigenvalue weighted by atomic mass is 9.85. The predicted molar refractivity (Wildman–Crippen MR) is 69.7 cm³/mol. The molecule has 0 aromatic rings. The molecule has 2 aliphatic heterocycles. The molecule has 94 valence electrons. The van der Waals surface area contributed by atoms with Crippen LogP contribution in [0.5, 0.6) is 0 Å². The molecular weight excluding hydrogens is 196 g/mol. The van der Waals surface area contributed by atoms with Crippen LogP contribution in [0.4, 0.5) is 0 Å². The number of nitrogens with one attached hydrogen (secondary N) is 1. The summed E-state index contributed by atoms with van der Waals surface area (Å²) in [5.74, 6) is 0. The highest BCUT2D eigenvalue weighted by atomic mass is 15.2. The molecule has 2 heterocycles. The van der Waals surface area contributed by atoms with E-state index in [0.717, 1.165) is 0 Å². The number of hydrogen-bond acceptors (Lipinski definition) is 2. The second-order valence-electron chi connectivity index (χ2n) is 6.20. The van der Waals surface area contributed by atoms with Crippen molar-refractivity contribution in [2.45, 2.75) is 58.4 Å². The third-order valence-corrected chi connectivity index (χ3v) is 5.08. The maximum atomic E-state index is 3.55. The van der Waals surface area contributed by atoms with E-state index in [2.05, 4.69) is 31.0 Å². The Morgan fingerprint density at radius 3 is 2.69 bits per heavy atom. The van der Waals surface area contributed by atoms with Crippen molar-refractivity contribution < 1.29 is 0 Å². The molecule has 1 spiro atoms. The summed E-state index contributed by atoms with van der Waals surface area (Å²) in [4.78, 5) is 2.78. The molecule has 1 N–H and O–H groups in total.